The zero-order valence-corrected chi connectivity index (χ0v) is 15.6. The average molecular weight is 381 g/mol. The van der Waals surface area contributed by atoms with Crippen LogP contribution in [0.1, 0.15) is 34.2 Å². The number of fused-ring (bicyclic) bond motifs is 2. The third kappa shape index (κ3) is 2.57. The van der Waals surface area contributed by atoms with Gasteiger partial charge in [-0.3, -0.25) is 9.48 Å². The van der Waals surface area contributed by atoms with Crippen molar-refractivity contribution in [3.63, 3.8) is 0 Å². The minimum atomic E-state index is -0.515. The van der Waals surface area contributed by atoms with E-state index in [4.69, 9.17) is 4.47 Å². The van der Waals surface area contributed by atoms with Crippen LogP contribution in [0.2, 0.25) is 0 Å². The molecular formula is C18H19N7OS. The van der Waals surface area contributed by atoms with Crippen LogP contribution < -0.4 is 0 Å². The minimum Gasteiger partial charge on any atom is -0.348 e. The summed E-state index contributed by atoms with van der Waals surface area (Å²) in [5, 5.41) is 8.05. The summed E-state index contributed by atoms with van der Waals surface area (Å²) in [5.74, 6) is -0.0231. The van der Waals surface area contributed by atoms with Gasteiger partial charge in [0.05, 0.1) is 17.7 Å². The van der Waals surface area contributed by atoms with Crippen LogP contribution in [-0.4, -0.2) is 42.1 Å². The molecule has 9 heteroatoms. The monoisotopic (exact) mass is 381 g/mol. The first-order valence-electron chi connectivity index (χ1n) is 8.91. The van der Waals surface area contributed by atoms with Gasteiger partial charge in [0.1, 0.15) is 11.1 Å². The van der Waals surface area contributed by atoms with Crippen LogP contribution in [0.25, 0.3) is 0 Å². The van der Waals surface area contributed by atoms with Crippen molar-refractivity contribution in [3.8, 4) is 0 Å². The zero-order valence-electron chi connectivity index (χ0n) is 14.8. The van der Waals surface area contributed by atoms with E-state index in [2.05, 4.69) is 20.5 Å². The zero-order chi connectivity index (χ0) is 18.4. The molecule has 0 bridgehead atoms. The van der Waals surface area contributed by atoms with E-state index in [9.17, 15) is 4.79 Å². The molecule has 0 spiro atoms. The molecule has 2 aromatic rings. The summed E-state index contributed by atoms with van der Waals surface area (Å²) in [7, 11) is -0.515. The highest BCUT2D eigenvalue weighted by Crippen LogP contribution is 2.37. The van der Waals surface area contributed by atoms with Crippen molar-refractivity contribution < 1.29 is 4.79 Å². The van der Waals surface area contributed by atoms with Crippen molar-refractivity contribution in [2.45, 2.75) is 25.3 Å². The largest absolute Gasteiger partial charge is 0.348 e. The van der Waals surface area contributed by atoms with Crippen molar-refractivity contribution in [1.29, 1.82) is 0 Å². The van der Waals surface area contributed by atoms with Gasteiger partial charge in [0.15, 0.2) is 0 Å². The van der Waals surface area contributed by atoms with Gasteiger partial charge >= 0.3 is 0 Å². The number of amides is 1. The average Bonchev–Trinajstić information content (AvgIpc) is 3.44. The number of carbonyl (C=O) groups excluding carboxylic acids is 1. The third-order valence-corrected chi connectivity index (χ3v) is 6.67. The molecule has 3 aliphatic rings. The molecule has 2 atom stereocenters. The molecule has 0 saturated heterocycles. The summed E-state index contributed by atoms with van der Waals surface area (Å²) in [6.45, 7) is 3.27. The maximum absolute atomic E-state index is 13.4. The van der Waals surface area contributed by atoms with E-state index in [1.54, 1.807) is 23.3 Å². The summed E-state index contributed by atoms with van der Waals surface area (Å²) in [6.07, 6.45) is 12.1. The molecule has 1 amide bonds. The van der Waals surface area contributed by atoms with Gasteiger partial charge in [0, 0.05) is 43.0 Å². The van der Waals surface area contributed by atoms with Crippen LogP contribution in [0.3, 0.4) is 0 Å². The number of aromatic nitrogens is 4. The predicted octanol–water partition coefficient (Wildman–Crippen LogP) is 2.28. The van der Waals surface area contributed by atoms with Gasteiger partial charge in [-0.2, -0.15) is 5.10 Å². The number of H-pyrrole nitrogens is 1. The Kier molecular flexibility index (Phi) is 3.82. The lowest BCUT2D eigenvalue weighted by Gasteiger charge is -2.34. The number of aromatic amines is 1. The Morgan fingerprint density at radius 1 is 1.41 bits per heavy atom. The third-order valence-electron chi connectivity index (χ3n) is 4.89. The normalized spacial score (nSPS) is 23.1. The second-order valence-corrected chi connectivity index (χ2v) is 7.96. The Labute approximate surface area is 158 Å². The minimum absolute atomic E-state index is 0.0231. The lowest BCUT2D eigenvalue weighted by atomic mass is 10.1. The van der Waals surface area contributed by atoms with Crippen molar-refractivity contribution in [2.24, 2.45) is 4.47 Å². The van der Waals surface area contributed by atoms with Gasteiger partial charge in [-0.05, 0) is 35.8 Å². The highest BCUT2D eigenvalue weighted by atomic mass is 32.2. The fourth-order valence-corrected chi connectivity index (χ4v) is 5.53. The van der Waals surface area contributed by atoms with Gasteiger partial charge in [-0.1, -0.05) is 6.08 Å². The summed E-state index contributed by atoms with van der Waals surface area (Å²) in [4.78, 5) is 23.1. The molecule has 0 fully saturated rings. The number of nitrogens with one attached hydrogen (secondary N) is 1. The van der Waals surface area contributed by atoms with E-state index in [-0.39, 0.29) is 11.3 Å². The van der Waals surface area contributed by atoms with E-state index in [1.165, 1.54) is 0 Å². The lowest BCUT2D eigenvalue weighted by molar-refractivity contribution is 0.0711. The van der Waals surface area contributed by atoms with Gasteiger partial charge in [-0.15, -0.1) is 4.47 Å². The second-order valence-electron chi connectivity index (χ2n) is 6.42. The smallest absolute Gasteiger partial charge is 0.273 e. The predicted molar refractivity (Wildman–Crippen MR) is 102 cm³/mol. The lowest BCUT2D eigenvalue weighted by Crippen LogP contribution is -2.42. The molecule has 5 heterocycles. The Morgan fingerprint density at radius 2 is 2.33 bits per heavy atom. The fraction of sp³-hybridized carbons (Fsp3) is 0.278. The molecule has 27 heavy (non-hydrogen) atoms. The number of imidazole rings is 1. The van der Waals surface area contributed by atoms with E-state index < -0.39 is 10.7 Å². The van der Waals surface area contributed by atoms with E-state index in [1.807, 2.05) is 41.3 Å². The number of hydrogen-bond donors (Lipinski definition) is 1. The molecule has 1 unspecified atom stereocenters. The van der Waals surface area contributed by atoms with Gasteiger partial charge < -0.3 is 9.88 Å². The molecule has 1 N–H and O–H groups in total. The molecule has 0 radical (unpaired) electrons. The van der Waals surface area contributed by atoms with Crippen LogP contribution in [0, 0.1) is 0 Å². The number of carbonyl (C=O) groups is 1. The van der Waals surface area contributed by atoms with Crippen molar-refractivity contribution in [3.05, 3.63) is 71.2 Å². The molecule has 8 nitrogen and oxygen atoms in total. The van der Waals surface area contributed by atoms with E-state index >= 15 is 0 Å². The Bertz CT molecular complexity index is 1030. The molecule has 138 valence electrons. The second kappa shape index (κ2) is 6.34. The number of rotatable bonds is 3. The summed E-state index contributed by atoms with van der Waals surface area (Å²) in [6, 6.07) is 1.78. The number of allylic oxidation sites excluding steroid dienone is 3. The van der Waals surface area contributed by atoms with Crippen LogP contribution in [0.4, 0.5) is 0 Å². The highest BCUT2D eigenvalue weighted by Gasteiger charge is 2.38. The molecule has 2 aromatic heterocycles. The van der Waals surface area contributed by atoms with Crippen LogP contribution in [-0.2, 0) is 23.7 Å². The van der Waals surface area contributed by atoms with Crippen LogP contribution in [0.5, 0.6) is 0 Å². The number of aryl methyl sites for hydroxylation is 1. The highest BCUT2D eigenvalue weighted by molar-refractivity contribution is 7.90. The standard InChI is InChI=1S/C18H19N7OS/c1-2-24-15(6-8-21-24)17(26)23-10-7-14-16(20-12-19-14)18(23)27-11-13-5-3-4-9-25(13)22-27/h3-6,8-9,11-12,18H,2,7,10H2,1H3,(H,19,20)/t18-,27?/m0/s1. The Hall–Kier alpha value is -2.94. The Balaban J connectivity index is 1.57. The van der Waals surface area contributed by atoms with Crippen molar-refractivity contribution in [1.82, 2.24) is 29.7 Å². The molecule has 3 aliphatic heterocycles. The van der Waals surface area contributed by atoms with Crippen molar-refractivity contribution in [2.75, 3.05) is 6.54 Å². The molecule has 0 aliphatic carbocycles. The molecule has 0 aromatic carbocycles. The maximum Gasteiger partial charge on any atom is 0.273 e. The Morgan fingerprint density at radius 3 is 3.19 bits per heavy atom. The molecule has 5 rings (SSSR count). The van der Waals surface area contributed by atoms with E-state index in [0.717, 1.165) is 23.5 Å². The summed E-state index contributed by atoms with van der Waals surface area (Å²) < 4.78 is 6.57. The number of nitrogens with zero attached hydrogens (tertiary/aromatic N) is 6. The topological polar surface area (TPSA) is 82.4 Å². The SMILES string of the molecule is CCn1nccc1C(=O)N1CCc2[nH]cnc2[C@@H]1S1=NN2C=CC=CC2=C1. The van der Waals surface area contributed by atoms with Crippen molar-refractivity contribution >= 4 is 16.6 Å². The molecular weight excluding hydrogens is 362 g/mol. The fourth-order valence-electron chi connectivity index (χ4n) is 3.58. The quantitative estimate of drug-likeness (QED) is 0.884. The van der Waals surface area contributed by atoms with Gasteiger partial charge in [0.2, 0.25) is 0 Å². The first kappa shape index (κ1) is 16.2. The first-order chi connectivity index (χ1) is 13.3. The summed E-state index contributed by atoms with van der Waals surface area (Å²) in [5.41, 5.74) is 3.64. The first-order valence-corrected chi connectivity index (χ1v) is 10.2. The maximum atomic E-state index is 13.4. The van der Waals surface area contributed by atoms with Gasteiger partial charge in [0.25, 0.3) is 5.91 Å². The van der Waals surface area contributed by atoms with Crippen LogP contribution >= 0.6 is 0 Å². The summed E-state index contributed by atoms with van der Waals surface area (Å²) >= 11 is 0. The number of hydrogen-bond acceptors (Lipinski definition) is 5. The van der Waals surface area contributed by atoms with Crippen LogP contribution in [0.15, 0.2) is 58.6 Å². The van der Waals surface area contributed by atoms with Gasteiger partial charge in [-0.25, -0.2) is 9.99 Å². The molecule has 0 saturated carbocycles. The van der Waals surface area contributed by atoms with E-state index in [0.29, 0.717) is 18.8 Å².